The lowest BCUT2D eigenvalue weighted by atomic mass is 9.89. The Kier molecular flexibility index (Phi) is 6.28. The quantitative estimate of drug-likeness (QED) is 0.829. The van der Waals surface area contributed by atoms with E-state index < -0.39 is 12.0 Å². The van der Waals surface area contributed by atoms with Gasteiger partial charge < -0.3 is 14.8 Å². The summed E-state index contributed by atoms with van der Waals surface area (Å²) in [7, 11) is 1.51. The number of rotatable bonds is 5. The van der Waals surface area contributed by atoms with Crippen molar-refractivity contribution in [1.29, 1.82) is 0 Å². The van der Waals surface area contributed by atoms with E-state index in [1.54, 1.807) is 25.1 Å². The highest BCUT2D eigenvalue weighted by molar-refractivity contribution is 6.31. The Balaban J connectivity index is 1.94. The summed E-state index contributed by atoms with van der Waals surface area (Å²) in [6, 6.07) is 4.92. The maximum absolute atomic E-state index is 12.2. The molecule has 0 aromatic heterocycles. The van der Waals surface area contributed by atoms with E-state index in [0.717, 1.165) is 32.1 Å². The first kappa shape index (κ1) is 17.6. The second-order valence-corrected chi connectivity index (χ2v) is 6.18. The Bertz CT molecular complexity index is 570. The van der Waals surface area contributed by atoms with Crippen molar-refractivity contribution in [3.05, 3.63) is 23.2 Å². The Morgan fingerprint density at radius 3 is 2.61 bits per heavy atom. The monoisotopic (exact) mass is 339 g/mol. The van der Waals surface area contributed by atoms with Crippen LogP contribution in [0.25, 0.3) is 0 Å². The molecule has 1 amide bonds. The first-order chi connectivity index (χ1) is 11.0. The lowest BCUT2D eigenvalue weighted by Crippen LogP contribution is -2.33. The van der Waals surface area contributed by atoms with E-state index in [1.165, 1.54) is 7.11 Å². The standard InChI is InChI=1S/C17H22ClNO4/c1-11(23-17(21)12-6-4-3-5-7-12)16(20)19-14-10-13(18)8-9-15(14)22-2/h8-12H,3-7H2,1-2H3,(H,19,20). The van der Waals surface area contributed by atoms with E-state index in [2.05, 4.69) is 5.32 Å². The van der Waals surface area contributed by atoms with Crippen molar-refractivity contribution in [1.82, 2.24) is 0 Å². The Morgan fingerprint density at radius 1 is 1.26 bits per heavy atom. The van der Waals surface area contributed by atoms with Crippen LogP contribution in [-0.4, -0.2) is 25.1 Å². The van der Waals surface area contributed by atoms with Crippen LogP contribution in [0.4, 0.5) is 5.69 Å². The first-order valence-corrected chi connectivity index (χ1v) is 8.24. The Labute approximate surface area is 141 Å². The molecule has 6 heteroatoms. The van der Waals surface area contributed by atoms with Crippen LogP contribution in [-0.2, 0) is 14.3 Å². The van der Waals surface area contributed by atoms with Crippen molar-refractivity contribution < 1.29 is 19.1 Å². The van der Waals surface area contributed by atoms with Crippen LogP contribution >= 0.6 is 11.6 Å². The third-order valence-electron chi connectivity index (χ3n) is 4.02. The first-order valence-electron chi connectivity index (χ1n) is 7.86. The molecule has 126 valence electrons. The van der Waals surface area contributed by atoms with Crippen molar-refractivity contribution in [3.8, 4) is 5.75 Å². The van der Waals surface area contributed by atoms with Gasteiger partial charge in [0.05, 0.1) is 18.7 Å². The minimum absolute atomic E-state index is 0.0836. The van der Waals surface area contributed by atoms with Gasteiger partial charge >= 0.3 is 5.97 Å². The molecule has 1 aliphatic carbocycles. The lowest BCUT2D eigenvalue weighted by molar-refractivity contribution is -0.158. The van der Waals surface area contributed by atoms with E-state index in [0.29, 0.717) is 16.5 Å². The fraction of sp³-hybridized carbons (Fsp3) is 0.529. The number of anilines is 1. The van der Waals surface area contributed by atoms with E-state index >= 15 is 0 Å². The summed E-state index contributed by atoms with van der Waals surface area (Å²) in [5, 5.41) is 3.16. The minimum atomic E-state index is -0.867. The number of hydrogen-bond donors (Lipinski definition) is 1. The normalized spacial score (nSPS) is 16.5. The van der Waals surface area contributed by atoms with Gasteiger partial charge in [0.15, 0.2) is 6.10 Å². The van der Waals surface area contributed by atoms with Gasteiger partial charge in [0.1, 0.15) is 5.75 Å². The maximum atomic E-state index is 12.2. The van der Waals surface area contributed by atoms with Gasteiger partial charge in [-0.2, -0.15) is 0 Å². The highest BCUT2D eigenvalue weighted by Crippen LogP contribution is 2.28. The van der Waals surface area contributed by atoms with Crippen molar-refractivity contribution >= 4 is 29.2 Å². The van der Waals surface area contributed by atoms with Crippen LogP contribution in [0.15, 0.2) is 18.2 Å². The predicted molar refractivity (Wildman–Crippen MR) is 88.8 cm³/mol. The fourth-order valence-electron chi connectivity index (χ4n) is 2.67. The number of hydrogen-bond acceptors (Lipinski definition) is 4. The van der Waals surface area contributed by atoms with Crippen LogP contribution in [0, 0.1) is 5.92 Å². The molecule has 2 rings (SSSR count). The van der Waals surface area contributed by atoms with Gasteiger partial charge in [-0.3, -0.25) is 9.59 Å². The largest absolute Gasteiger partial charge is 0.495 e. The van der Waals surface area contributed by atoms with Gasteiger partial charge in [0, 0.05) is 5.02 Å². The molecule has 23 heavy (non-hydrogen) atoms. The fourth-order valence-corrected chi connectivity index (χ4v) is 2.85. The molecule has 0 saturated heterocycles. The highest BCUT2D eigenvalue weighted by Gasteiger charge is 2.26. The summed E-state index contributed by atoms with van der Waals surface area (Å²) in [6.45, 7) is 1.56. The zero-order valence-electron chi connectivity index (χ0n) is 13.4. The third-order valence-corrected chi connectivity index (χ3v) is 4.26. The molecule has 1 fully saturated rings. The van der Waals surface area contributed by atoms with Crippen molar-refractivity contribution in [2.24, 2.45) is 5.92 Å². The molecule has 0 radical (unpaired) electrons. The molecular formula is C17H22ClNO4. The highest BCUT2D eigenvalue weighted by atomic mass is 35.5. The average molecular weight is 340 g/mol. The van der Waals surface area contributed by atoms with Crippen LogP contribution in [0.5, 0.6) is 5.75 Å². The number of esters is 1. The number of ether oxygens (including phenoxy) is 2. The average Bonchev–Trinajstić information content (AvgIpc) is 2.55. The second kappa shape index (κ2) is 8.20. The molecule has 1 N–H and O–H groups in total. The summed E-state index contributed by atoms with van der Waals surface area (Å²) >= 11 is 5.93. The summed E-state index contributed by atoms with van der Waals surface area (Å²) in [5.41, 5.74) is 0.450. The molecule has 0 spiro atoms. The number of benzene rings is 1. The molecule has 0 heterocycles. The van der Waals surface area contributed by atoms with E-state index in [1.807, 2.05) is 0 Å². The van der Waals surface area contributed by atoms with Crippen molar-refractivity contribution in [2.45, 2.75) is 45.1 Å². The summed E-state index contributed by atoms with van der Waals surface area (Å²) in [4.78, 5) is 24.3. The number of carbonyl (C=O) groups is 2. The van der Waals surface area contributed by atoms with Gasteiger partial charge in [0.25, 0.3) is 5.91 Å². The van der Waals surface area contributed by atoms with E-state index in [-0.39, 0.29) is 11.9 Å². The van der Waals surface area contributed by atoms with Crippen molar-refractivity contribution in [3.63, 3.8) is 0 Å². The van der Waals surface area contributed by atoms with E-state index in [9.17, 15) is 9.59 Å². The topological polar surface area (TPSA) is 64.6 Å². The zero-order chi connectivity index (χ0) is 16.8. The molecular weight excluding hydrogens is 318 g/mol. The smallest absolute Gasteiger partial charge is 0.309 e. The summed E-state index contributed by atoms with van der Waals surface area (Å²) < 4.78 is 10.5. The summed E-state index contributed by atoms with van der Waals surface area (Å²) in [5.74, 6) is -0.284. The molecule has 1 aliphatic rings. The summed E-state index contributed by atoms with van der Waals surface area (Å²) in [6.07, 6.45) is 4.06. The van der Waals surface area contributed by atoms with Crippen molar-refractivity contribution in [2.75, 3.05) is 12.4 Å². The molecule has 1 aromatic carbocycles. The Morgan fingerprint density at radius 2 is 1.96 bits per heavy atom. The van der Waals surface area contributed by atoms with Gasteiger partial charge in [-0.25, -0.2) is 0 Å². The predicted octanol–water partition coefficient (Wildman–Crippen LogP) is 3.80. The number of carbonyl (C=O) groups excluding carboxylic acids is 2. The zero-order valence-corrected chi connectivity index (χ0v) is 14.2. The molecule has 5 nitrogen and oxygen atoms in total. The molecule has 1 unspecified atom stereocenters. The number of methoxy groups -OCH3 is 1. The maximum Gasteiger partial charge on any atom is 0.309 e. The van der Waals surface area contributed by atoms with Crippen LogP contribution in [0.1, 0.15) is 39.0 Å². The Hall–Kier alpha value is -1.75. The molecule has 1 atom stereocenters. The lowest BCUT2D eigenvalue weighted by Gasteiger charge is -2.22. The molecule has 1 saturated carbocycles. The number of amides is 1. The molecule has 0 bridgehead atoms. The number of halogens is 1. The van der Waals surface area contributed by atoms with Gasteiger partial charge in [-0.1, -0.05) is 30.9 Å². The molecule has 0 aliphatic heterocycles. The molecule has 1 aromatic rings. The van der Waals surface area contributed by atoms with Gasteiger partial charge in [-0.15, -0.1) is 0 Å². The van der Waals surface area contributed by atoms with Crippen LogP contribution in [0.3, 0.4) is 0 Å². The van der Waals surface area contributed by atoms with Crippen LogP contribution < -0.4 is 10.1 Å². The van der Waals surface area contributed by atoms with E-state index in [4.69, 9.17) is 21.1 Å². The SMILES string of the molecule is COc1ccc(Cl)cc1NC(=O)C(C)OC(=O)C1CCCCC1. The number of nitrogens with one attached hydrogen (secondary N) is 1. The minimum Gasteiger partial charge on any atom is -0.495 e. The second-order valence-electron chi connectivity index (χ2n) is 5.75. The van der Waals surface area contributed by atoms with Gasteiger partial charge in [-0.05, 0) is 38.0 Å². The third kappa shape index (κ3) is 4.86. The van der Waals surface area contributed by atoms with Crippen LogP contribution in [0.2, 0.25) is 5.02 Å². The van der Waals surface area contributed by atoms with Gasteiger partial charge in [0.2, 0.25) is 0 Å².